The molecule has 2 unspecified atom stereocenters. The molecule has 1 heterocycles. The summed E-state index contributed by atoms with van der Waals surface area (Å²) in [6.07, 6.45) is -0.198. The van der Waals surface area contributed by atoms with Crippen LogP contribution >= 0.6 is 0 Å². The smallest absolute Gasteiger partial charge is 0.192 e. The van der Waals surface area contributed by atoms with Crippen molar-refractivity contribution in [3.05, 3.63) is 41.7 Å². The Labute approximate surface area is 217 Å². The summed E-state index contributed by atoms with van der Waals surface area (Å²) in [6, 6.07) is 7.40. The van der Waals surface area contributed by atoms with E-state index in [1.807, 2.05) is 38.1 Å². The third kappa shape index (κ3) is 8.21. The Hall–Kier alpha value is -1.58. The monoisotopic (exact) mass is 524 g/mol. The first-order chi connectivity index (χ1) is 16.6. The van der Waals surface area contributed by atoms with Crippen LogP contribution in [0, 0.1) is 5.92 Å². The van der Waals surface area contributed by atoms with Gasteiger partial charge in [-0.05, 0) is 62.7 Å². The maximum Gasteiger partial charge on any atom is 0.192 e. The van der Waals surface area contributed by atoms with Gasteiger partial charge in [-0.2, -0.15) is 0 Å². The van der Waals surface area contributed by atoms with Crippen LogP contribution in [-0.4, -0.2) is 51.9 Å². The minimum absolute atomic E-state index is 0.0515. The molecule has 1 saturated heterocycles. The van der Waals surface area contributed by atoms with Gasteiger partial charge in [-0.3, -0.25) is 0 Å². The van der Waals surface area contributed by atoms with Gasteiger partial charge in [-0.25, -0.2) is 4.39 Å². The lowest BCUT2D eigenvalue weighted by atomic mass is 10.00. The summed E-state index contributed by atoms with van der Waals surface area (Å²) in [5.74, 6) is -0.883. The summed E-state index contributed by atoms with van der Waals surface area (Å²) in [5.41, 5.74) is 0.862. The molecule has 0 saturated carbocycles. The van der Waals surface area contributed by atoms with Crippen molar-refractivity contribution in [1.29, 1.82) is 0 Å². The molecular weight excluding hydrogens is 479 g/mol. The Bertz CT molecular complexity index is 877. The lowest BCUT2D eigenvalue weighted by Crippen LogP contribution is -2.44. The van der Waals surface area contributed by atoms with Crippen molar-refractivity contribution < 1.29 is 32.6 Å². The number of carbonyl (C=O) groups excluding carboxylic acids is 1. The third-order valence-electron chi connectivity index (χ3n) is 7.16. The van der Waals surface area contributed by atoms with Crippen LogP contribution in [0.25, 0.3) is 0 Å². The zero-order valence-electron chi connectivity index (χ0n) is 23.6. The Morgan fingerprint density at radius 2 is 1.78 bits per heavy atom. The van der Waals surface area contributed by atoms with E-state index < -0.39 is 38.2 Å². The first-order valence-corrected chi connectivity index (χ1v) is 15.6. The first-order valence-electron chi connectivity index (χ1n) is 12.7. The molecule has 1 aromatic rings. The molecular formula is C28H45FO6Si. The predicted molar refractivity (Wildman–Crippen MR) is 142 cm³/mol. The number of aldehydes is 1. The molecule has 1 aliphatic heterocycles. The number of halogens is 1. The summed E-state index contributed by atoms with van der Waals surface area (Å²) in [4.78, 5) is 11.3. The van der Waals surface area contributed by atoms with E-state index in [9.17, 15) is 4.79 Å². The molecule has 0 aromatic heterocycles. The molecule has 5 atom stereocenters. The minimum atomic E-state index is -2.02. The lowest BCUT2D eigenvalue weighted by Gasteiger charge is -2.39. The summed E-state index contributed by atoms with van der Waals surface area (Å²) < 4.78 is 45.7. The number of carbonyl (C=O) groups is 1. The molecule has 2 rings (SSSR count). The van der Waals surface area contributed by atoms with E-state index in [0.717, 1.165) is 17.6 Å². The van der Waals surface area contributed by atoms with Crippen molar-refractivity contribution >= 4 is 14.6 Å². The number of rotatable bonds is 12. The van der Waals surface area contributed by atoms with Gasteiger partial charge in [0.15, 0.2) is 14.1 Å². The molecule has 36 heavy (non-hydrogen) atoms. The second-order valence-electron chi connectivity index (χ2n) is 11.6. The highest BCUT2D eigenvalue weighted by atomic mass is 28.4. The maximum absolute atomic E-state index is 15.9. The van der Waals surface area contributed by atoms with Gasteiger partial charge >= 0.3 is 0 Å². The third-order valence-corrected chi connectivity index (χ3v) is 11.7. The molecule has 6 nitrogen and oxygen atoms in total. The molecule has 0 bridgehead atoms. The largest absolute Gasteiger partial charge is 0.497 e. The maximum atomic E-state index is 15.9. The van der Waals surface area contributed by atoms with Gasteiger partial charge in [-0.15, -0.1) is 0 Å². The Kier molecular flexibility index (Phi) is 10.5. The zero-order valence-corrected chi connectivity index (χ0v) is 24.6. The van der Waals surface area contributed by atoms with E-state index in [-0.39, 0.29) is 30.1 Å². The number of ether oxygens (including phenoxy) is 4. The fourth-order valence-electron chi connectivity index (χ4n) is 3.87. The molecule has 0 aliphatic carbocycles. The van der Waals surface area contributed by atoms with E-state index >= 15 is 4.39 Å². The van der Waals surface area contributed by atoms with Crippen molar-refractivity contribution in [2.45, 2.75) is 110 Å². The summed E-state index contributed by atoms with van der Waals surface area (Å²) >= 11 is 0. The van der Waals surface area contributed by atoms with Gasteiger partial charge in [0.2, 0.25) is 0 Å². The Balaban J connectivity index is 2.29. The fraction of sp³-hybridized carbons (Fsp3) is 0.679. The fourth-order valence-corrected chi connectivity index (χ4v) is 5.36. The van der Waals surface area contributed by atoms with Gasteiger partial charge in [-0.1, -0.05) is 39.8 Å². The number of hydrogen-bond acceptors (Lipinski definition) is 6. The Morgan fingerprint density at radius 3 is 2.31 bits per heavy atom. The van der Waals surface area contributed by atoms with Gasteiger partial charge in [0, 0.05) is 18.4 Å². The quantitative estimate of drug-likeness (QED) is 0.227. The van der Waals surface area contributed by atoms with Crippen molar-refractivity contribution in [2.75, 3.05) is 7.11 Å². The number of benzene rings is 1. The highest BCUT2D eigenvalue weighted by molar-refractivity contribution is 6.74. The first kappa shape index (κ1) is 30.6. The van der Waals surface area contributed by atoms with Crippen molar-refractivity contribution in [3.8, 4) is 5.75 Å². The van der Waals surface area contributed by atoms with Crippen LogP contribution in [0.1, 0.15) is 60.5 Å². The standard InChI is InChI=1S/C28H45FO6Si/c1-19(20(2)35-36(9,10)27(3,4)5)17-23(29)25(26-24(15-16-30)33-28(6,7)34-26)32-18-21-11-13-22(31-8)14-12-21/h11-14,16-17,19-20,24-26H,15,18H2,1-10H3/b23-17+/t19-,20?,24+,25?,26+/m1/s1. The predicted octanol–water partition coefficient (Wildman–Crippen LogP) is 6.59. The molecule has 0 spiro atoms. The molecule has 1 aromatic carbocycles. The molecule has 204 valence electrons. The van der Waals surface area contributed by atoms with E-state index in [4.69, 9.17) is 23.4 Å². The van der Waals surface area contributed by atoms with E-state index in [0.29, 0.717) is 0 Å². The van der Waals surface area contributed by atoms with Crippen LogP contribution in [0.5, 0.6) is 5.75 Å². The topological polar surface area (TPSA) is 63.2 Å². The summed E-state index contributed by atoms with van der Waals surface area (Å²) in [5, 5.41) is 0.0515. The van der Waals surface area contributed by atoms with Crippen molar-refractivity contribution in [1.82, 2.24) is 0 Å². The number of methoxy groups -OCH3 is 1. The van der Waals surface area contributed by atoms with Gasteiger partial charge in [0.1, 0.15) is 30.1 Å². The van der Waals surface area contributed by atoms with E-state index in [1.54, 1.807) is 27.0 Å². The normalized spacial score (nSPS) is 23.2. The molecule has 8 heteroatoms. The molecule has 0 amide bonds. The van der Waals surface area contributed by atoms with Crippen molar-refractivity contribution in [2.24, 2.45) is 5.92 Å². The van der Waals surface area contributed by atoms with Crippen LogP contribution in [0.2, 0.25) is 18.1 Å². The van der Waals surface area contributed by atoms with Crippen LogP contribution in [-0.2, 0) is 30.0 Å². The summed E-state index contributed by atoms with van der Waals surface area (Å²) in [6.45, 7) is 18.5. The highest BCUT2D eigenvalue weighted by Gasteiger charge is 2.47. The zero-order chi connectivity index (χ0) is 27.3. The summed E-state index contributed by atoms with van der Waals surface area (Å²) in [7, 11) is -0.417. The lowest BCUT2D eigenvalue weighted by molar-refractivity contribution is -0.158. The van der Waals surface area contributed by atoms with Crippen LogP contribution in [0.15, 0.2) is 36.2 Å². The second kappa shape index (κ2) is 12.3. The molecule has 1 aliphatic rings. The average molecular weight is 525 g/mol. The van der Waals surface area contributed by atoms with Gasteiger partial charge in [0.25, 0.3) is 0 Å². The Morgan fingerprint density at radius 1 is 1.17 bits per heavy atom. The van der Waals surface area contributed by atoms with Crippen LogP contribution in [0.4, 0.5) is 4.39 Å². The van der Waals surface area contributed by atoms with E-state index in [2.05, 4.69) is 33.9 Å². The molecule has 1 fully saturated rings. The van der Waals surface area contributed by atoms with Gasteiger partial charge in [0.05, 0.1) is 19.8 Å². The minimum Gasteiger partial charge on any atom is -0.497 e. The highest BCUT2D eigenvalue weighted by Crippen LogP contribution is 2.39. The van der Waals surface area contributed by atoms with Crippen molar-refractivity contribution in [3.63, 3.8) is 0 Å². The van der Waals surface area contributed by atoms with Crippen LogP contribution < -0.4 is 4.74 Å². The second-order valence-corrected chi connectivity index (χ2v) is 16.4. The average Bonchev–Trinajstić information content (AvgIpc) is 3.07. The molecule has 0 radical (unpaired) electrons. The van der Waals surface area contributed by atoms with Gasteiger partial charge < -0.3 is 28.2 Å². The SMILES string of the molecule is COc1ccc(COC(/C(F)=C\[C@@H](C)C(C)O[Si](C)(C)C(C)(C)C)[C@H]2OC(C)(C)O[C@H]2CC=O)cc1. The molecule has 0 N–H and O–H groups in total. The van der Waals surface area contributed by atoms with E-state index in [1.165, 1.54) is 0 Å². The number of hydrogen-bond donors (Lipinski definition) is 0. The van der Waals surface area contributed by atoms with Crippen LogP contribution in [0.3, 0.4) is 0 Å².